The molecule has 4 heteroatoms. The Bertz CT molecular complexity index is 402. The number of amides is 1. The molecule has 0 unspecified atom stereocenters. The Hall–Kier alpha value is -0.730. The van der Waals surface area contributed by atoms with Crippen LogP contribution in [0, 0.1) is 6.92 Å². The number of nitrogens with one attached hydrogen (secondary N) is 1. The second-order valence-electron chi connectivity index (χ2n) is 4.38. The molecule has 0 fully saturated rings. The van der Waals surface area contributed by atoms with Gasteiger partial charge in [-0.15, -0.1) is 11.6 Å². The number of halogens is 2. The van der Waals surface area contributed by atoms with Crippen molar-refractivity contribution >= 4 is 29.1 Å². The highest BCUT2D eigenvalue weighted by Crippen LogP contribution is 2.19. The molecule has 0 saturated carbocycles. The van der Waals surface area contributed by atoms with Gasteiger partial charge in [0.15, 0.2) is 0 Å². The minimum Gasteiger partial charge on any atom is -0.346 e. The van der Waals surface area contributed by atoms with Crippen LogP contribution < -0.4 is 5.32 Å². The zero-order valence-electron chi connectivity index (χ0n) is 9.60. The first-order chi connectivity index (χ1) is 7.37. The van der Waals surface area contributed by atoms with Crippen molar-refractivity contribution in [3.8, 4) is 0 Å². The fourth-order valence-corrected chi connectivity index (χ4v) is 1.50. The van der Waals surface area contributed by atoms with Crippen LogP contribution >= 0.6 is 23.2 Å². The van der Waals surface area contributed by atoms with Crippen LogP contribution in [-0.2, 0) is 0 Å². The lowest BCUT2D eigenvalue weighted by molar-refractivity contribution is 0.0920. The van der Waals surface area contributed by atoms with E-state index in [1.54, 1.807) is 18.2 Å². The highest BCUT2D eigenvalue weighted by molar-refractivity contribution is 6.31. The minimum atomic E-state index is -0.423. The third-order valence-corrected chi connectivity index (χ3v) is 3.38. The fourth-order valence-electron chi connectivity index (χ4n) is 1.26. The number of benzene rings is 1. The molecule has 0 heterocycles. The molecular weight excluding hydrogens is 245 g/mol. The molecule has 0 atom stereocenters. The molecule has 16 heavy (non-hydrogen) atoms. The first-order valence-corrected chi connectivity index (χ1v) is 5.92. The van der Waals surface area contributed by atoms with Gasteiger partial charge in [0.25, 0.3) is 5.91 Å². The summed E-state index contributed by atoms with van der Waals surface area (Å²) in [6.45, 7) is 5.57. The minimum absolute atomic E-state index is 0.148. The zero-order chi connectivity index (χ0) is 12.3. The lowest BCUT2D eigenvalue weighted by Gasteiger charge is -2.23. The van der Waals surface area contributed by atoms with Gasteiger partial charge in [0.2, 0.25) is 0 Å². The summed E-state index contributed by atoms with van der Waals surface area (Å²) in [7, 11) is 0. The molecule has 1 amide bonds. The van der Waals surface area contributed by atoms with E-state index in [-0.39, 0.29) is 5.91 Å². The second kappa shape index (κ2) is 5.07. The van der Waals surface area contributed by atoms with Gasteiger partial charge in [-0.2, -0.15) is 0 Å². The molecule has 1 aromatic carbocycles. The van der Waals surface area contributed by atoms with Crippen molar-refractivity contribution in [2.24, 2.45) is 0 Å². The van der Waals surface area contributed by atoms with Gasteiger partial charge < -0.3 is 5.32 Å². The van der Waals surface area contributed by atoms with E-state index >= 15 is 0 Å². The molecule has 0 bridgehead atoms. The number of hydrogen-bond donors (Lipinski definition) is 1. The number of rotatable bonds is 3. The second-order valence-corrected chi connectivity index (χ2v) is 5.06. The Morgan fingerprint density at radius 1 is 1.44 bits per heavy atom. The van der Waals surface area contributed by atoms with E-state index < -0.39 is 5.54 Å². The molecule has 0 spiro atoms. The SMILES string of the molecule is Cc1c(Cl)cccc1C(=O)NC(C)(C)CCl. The van der Waals surface area contributed by atoms with E-state index in [1.165, 1.54) is 0 Å². The molecule has 0 aliphatic heterocycles. The Morgan fingerprint density at radius 2 is 2.06 bits per heavy atom. The van der Waals surface area contributed by atoms with Gasteiger partial charge >= 0.3 is 0 Å². The van der Waals surface area contributed by atoms with Gasteiger partial charge in [0.1, 0.15) is 0 Å². The third-order valence-electron chi connectivity index (χ3n) is 2.30. The van der Waals surface area contributed by atoms with E-state index in [1.807, 2.05) is 20.8 Å². The van der Waals surface area contributed by atoms with E-state index in [2.05, 4.69) is 5.32 Å². The molecule has 0 saturated heterocycles. The van der Waals surface area contributed by atoms with Crippen molar-refractivity contribution in [3.63, 3.8) is 0 Å². The van der Waals surface area contributed by atoms with Crippen LogP contribution in [0.3, 0.4) is 0 Å². The molecule has 88 valence electrons. The molecular formula is C12H15Cl2NO. The maximum Gasteiger partial charge on any atom is 0.252 e. The van der Waals surface area contributed by atoms with Crippen LogP contribution in [0.25, 0.3) is 0 Å². The number of alkyl halides is 1. The van der Waals surface area contributed by atoms with E-state index in [0.717, 1.165) is 5.56 Å². The monoisotopic (exact) mass is 259 g/mol. The lowest BCUT2D eigenvalue weighted by Crippen LogP contribution is -2.45. The lowest BCUT2D eigenvalue weighted by atomic mass is 10.0. The standard InChI is InChI=1S/C12H15Cl2NO/c1-8-9(5-4-6-10(8)14)11(16)15-12(2,3)7-13/h4-6H,7H2,1-3H3,(H,15,16). The maximum absolute atomic E-state index is 12.0. The predicted molar refractivity (Wildman–Crippen MR) is 68.5 cm³/mol. The number of carbonyl (C=O) groups is 1. The van der Waals surface area contributed by atoms with Crippen molar-refractivity contribution in [1.82, 2.24) is 5.32 Å². The summed E-state index contributed by atoms with van der Waals surface area (Å²) < 4.78 is 0. The van der Waals surface area contributed by atoms with Gasteiger partial charge in [-0.3, -0.25) is 4.79 Å². The molecule has 0 aliphatic carbocycles. The summed E-state index contributed by atoms with van der Waals surface area (Å²) in [6.07, 6.45) is 0. The van der Waals surface area contributed by atoms with Crippen molar-refractivity contribution in [2.75, 3.05) is 5.88 Å². The van der Waals surface area contributed by atoms with Gasteiger partial charge in [-0.05, 0) is 38.5 Å². The average Bonchev–Trinajstić information content (AvgIpc) is 2.21. The summed E-state index contributed by atoms with van der Waals surface area (Å²) in [6, 6.07) is 5.28. The van der Waals surface area contributed by atoms with Gasteiger partial charge in [-0.25, -0.2) is 0 Å². The molecule has 0 aliphatic rings. The normalized spacial score (nSPS) is 11.3. The summed E-state index contributed by atoms with van der Waals surface area (Å²) in [4.78, 5) is 12.0. The van der Waals surface area contributed by atoms with Crippen LogP contribution in [-0.4, -0.2) is 17.3 Å². The van der Waals surface area contributed by atoms with Crippen LogP contribution in [0.4, 0.5) is 0 Å². The summed E-state index contributed by atoms with van der Waals surface area (Å²) in [5.74, 6) is 0.212. The smallest absolute Gasteiger partial charge is 0.252 e. The predicted octanol–water partition coefficient (Wildman–Crippen LogP) is 3.40. The Kier molecular flexibility index (Phi) is 4.22. The van der Waals surface area contributed by atoms with E-state index in [9.17, 15) is 4.79 Å². The van der Waals surface area contributed by atoms with Crippen molar-refractivity contribution in [2.45, 2.75) is 26.3 Å². The molecule has 0 radical (unpaired) electrons. The molecule has 1 N–H and O–H groups in total. The van der Waals surface area contributed by atoms with Gasteiger partial charge in [0, 0.05) is 22.0 Å². The molecule has 1 rings (SSSR count). The van der Waals surface area contributed by atoms with Crippen molar-refractivity contribution in [1.29, 1.82) is 0 Å². The van der Waals surface area contributed by atoms with Gasteiger partial charge in [0.05, 0.1) is 0 Å². The molecule has 2 nitrogen and oxygen atoms in total. The molecule has 1 aromatic rings. The highest BCUT2D eigenvalue weighted by atomic mass is 35.5. The van der Waals surface area contributed by atoms with Crippen molar-refractivity contribution < 1.29 is 4.79 Å². The zero-order valence-corrected chi connectivity index (χ0v) is 11.1. The average molecular weight is 260 g/mol. The van der Waals surface area contributed by atoms with E-state index in [4.69, 9.17) is 23.2 Å². The fraction of sp³-hybridized carbons (Fsp3) is 0.417. The first kappa shape index (κ1) is 13.3. The Labute approximate surface area is 106 Å². The summed E-state index contributed by atoms with van der Waals surface area (Å²) >= 11 is 11.7. The quantitative estimate of drug-likeness (QED) is 0.829. The third kappa shape index (κ3) is 3.13. The Balaban J connectivity index is 2.94. The summed E-state index contributed by atoms with van der Waals surface area (Å²) in [5, 5.41) is 3.45. The largest absolute Gasteiger partial charge is 0.346 e. The topological polar surface area (TPSA) is 29.1 Å². The Morgan fingerprint density at radius 3 is 2.62 bits per heavy atom. The van der Waals surface area contributed by atoms with Crippen LogP contribution in [0.15, 0.2) is 18.2 Å². The van der Waals surface area contributed by atoms with Crippen LogP contribution in [0.5, 0.6) is 0 Å². The van der Waals surface area contributed by atoms with Crippen molar-refractivity contribution in [3.05, 3.63) is 34.3 Å². The highest BCUT2D eigenvalue weighted by Gasteiger charge is 2.21. The van der Waals surface area contributed by atoms with E-state index in [0.29, 0.717) is 16.5 Å². The maximum atomic E-state index is 12.0. The van der Waals surface area contributed by atoms with Gasteiger partial charge in [-0.1, -0.05) is 17.7 Å². The molecule has 0 aromatic heterocycles. The number of hydrogen-bond acceptors (Lipinski definition) is 1. The summed E-state index contributed by atoms with van der Waals surface area (Å²) in [5.41, 5.74) is 0.950. The van der Waals surface area contributed by atoms with Crippen LogP contribution in [0.2, 0.25) is 5.02 Å². The first-order valence-electron chi connectivity index (χ1n) is 5.01. The van der Waals surface area contributed by atoms with Crippen LogP contribution in [0.1, 0.15) is 29.8 Å². The number of carbonyl (C=O) groups excluding carboxylic acids is 1.